The lowest BCUT2D eigenvalue weighted by atomic mass is 9.97. The van der Waals surface area contributed by atoms with Crippen molar-refractivity contribution < 1.29 is 18.0 Å². The topological polar surface area (TPSA) is 74.8 Å². The highest BCUT2D eigenvalue weighted by molar-refractivity contribution is 5.95. The summed E-state index contributed by atoms with van der Waals surface area (Å²) in [4.78, 5) is 25.0. The summed E-state index contributed by atoms with van der Waals surface area (Å²) in [5.74, 6) is -0.205. The number of benzene rings is 2. The number of aromatic amines is 1. The minimum atomic E-state index is -4.49. The third-order valence-corrected chi connectivity index (χ3v) is 5.46. The molecule has 32 heavy (non-hydrogen) atoms. The Hall–Kier alpha value is -3.16. The monoisotopic (exact) mass is 445 g/mol. The van der Waals surface area contributed by atoms with Crippen molar-refractivity contribution in [1.29, 1.82) is 0 Å². The fraction of sp³-hybridized carbons (Fsp3) is 0.375. The minimum absolute atomic E-state index is 0.0696. The number of alkyl halides is 3. The molecule has 0 radical (unpaired) electrons. The minimum Gasteiger partial charge on any atom is -0.326 e. The van der Waals surface area contributed by atoms with Crippen LogP contribution in [0.3, 0.4) is 0 Å². The van der Waals surface area contributed by atoms with Crippen molar-refractivity contribution in [3.63, 3.8) is 0 Å². The van der Waals surface area contributed by atoms with Crippen LogP contribution in [0.1, 0.15) is 56.4 Å². The number of nitrogens with one attached hydrogen (secondary N) is 2. The number of hydrogen-bond donors (Lipinski definition) is 2. The Labute approximate surface area is 184 Å². The first-order valence-electron chi connectivity index (χ1n) is 10.7. The number of rotatable bonds is 8. The van der Waals surface area contributed by atoms with Crippen molar-refractivity contribution in [2.75, 3.05) is 5.32 Å². The number of carbonyl (C=O) groups is 1. The van der Waals surface area contributed by atoms with Gasteiger partial charge in [-0.15, -0.1) is 0 Å². The number of anilines is 1. The smallest absolute Gasteiger partial charge is 0.326 e. The van der Waals surface area contributed by atoms with Crippen LogP contribution in [0.5, 0.6) is 0 Å². The van der Waals surface area contributed by atoms with E-state index >= 15 is 0 Å². The van der Waals surface area contributed by atoms with Crippen LogP contribution < -0.4 is 10.9 Å². The molecule has 5 nitrogen and oxygen atoms in total. The Bertz CT molecular complexity index is 1150. The molecule has 1 aromatic heterocycles. The zero-order valence-electron chi connectivity index (χ0n) is 18.1. The van der Waals surface area contributed by atoms with E-state index in [9.17, 15) is 22.8 Å². The molecule has 0 aliphatic rings. The third kappa shape index (κ3) is 5.36. The Balaban J connectivity index is 1.94. The molecule has 1 heterocycles. The van der Waals surface area contributed by atoms with Gasteiger partial charge in [0.1, 0.15) is 0 Å². The van der Waals surface area contributed by atoms with E-state index in [1.807, 2.05) is 13.8 Å². The Morgan fingerprint density at radius 1 is 1.06 bits per heavy atom. The van der Waals surface area contributed by atoms with Gasteiger partial charge in [-0.05, 0) is 36.6 Å². The van der Waals surface area contributed by atoms with Crippen molar-refractivity contribution in [2.24, 2.45) is 5.92 Å². The summed E-state index contributed by atoms with van der Waals surface area (Å²) in [6.07, 6.45) is -1.24. The van der Waals surface area contributed by atoms with Gasteiger partial charge in [0.15, 0.2) is 0 Å². The van der Waals surface area contributed by atoms with Crippen LogP contribution in [0.25, 0.3) is 10.8 Å². The molecule has 170 valence electrons. The fourth-order valence-corrected chi connectivity index (χ4v) is 3.91. The second-order valence-electron chi connectivity index (χ2n) is 7.85. The van der Waals surface area contributed by atoms with Gasteiger partial charge < -0.3 is 5.32 Å². The Morgan fingerprint density at radius 3 is 2.41 bits per heavy atom. The lowest BCUT2D eigenvalue weighted by molar-refractivity contribution is -0.138. The van der Waals surface area contributed by atoms with E-state index in [1.54, 1.807) is 18.2 Å². The van der Waals surface area contributed by atoms with E-state index in [0.29, 0.717) is 16.8 Å². The first-order valence-corrected chi connectivity index (χ1v) is 10.7. The lowest BCUT2D eigenvalue weighted by Crippen LogP contribution is -2.23. The molecular formula is C24H26F3N3O2. The lowest BCUT2D eigenvalue weighted by Gasteiger charge is -2.16. The first kappa shape index (κ1) is 23.5. The van der Waals surface area contributed by atoms with Crippen LogP contribution >= 0.6 is 0 Å². The predicted molar refractivity (Wildman–Crippen MR) is 119 cm³/mol. The summed E-state index contributed by atoms with van der Waals surface area (Å²) in [5.41, 5.74) is -0.340. The highest BCUT2D eigenvalue weighted by Crippen LogP contribution is 2.33. The van der Waals surface area contributed by atoms with Gasteiger partial charge in [0.25, 0.3) is 5.56 Å². The summed E-state index contributed by atoms with van der Waals surface area (Å²) in [6.45, 7) is 4.05. The highest BCUT2D eigenvalue weighted by Gasteiger charge is 2.33. The standard InChI is InChI=1S/C24H26F3N3O2/c1-3-7-15(8-4-2)22(31)28-17-11-12-18-19(14-17)23(32)30-29-21(18)13-16-9-5-6-10-20(16)24(25,26)27/h5-6,9-12,14-15H,3-4,7-8,13H2,1-2H3,(H,28,31)(H,30,32). The molecule has 0 spiro atoms. The van der Waals surface area contributed by atoms with Crippen LogP contribution in [0.4, 0.5) is 18.9 Å². The van der Waals surface area contributed by atoms with Crippen molar-refractivity contribution in [2.45, 2.75) is 52.1 Å². The molecule has 8 heteroatoms. The molecule has 0 saturated heterocycles. The van der Waals surface area contributed by atoms with Crippen molar-refractivity contribution in [1.82, 2.24) is 10.2 Å². The number of carbonyl (C=O) groups excluding carboxylic acids is 1. The van der Waals surface area contributed by atoms with Crippen LogP contribution in [-0.4, -0.2) is 16.1 Å². The van der Waals surface area contributed by atoms with Crippen molar-refractivity contribution in [3.8, 4) is 0 Å². The molecule has 3 rings (SSSR count). The molecule has 0 aliphatic carbocycles. The molecule has 0 saturated carbocycles. The second-order valence-corrected chi connectivity index (χ2v) is 7.85. The van der Waals surface area contributed by atoms with E-state index < -0.39 is 17.3 Å². The van der Waals surface area contributed by atoms with Gasteiger partial charge in [-0.25, -0.2) is 5.10 Å². The molecule has 2 aromatic carbocycles. The maximum absolute atomic E-state index is 13.4. The van der Waals surface area contributed by atoms with Gasteiger partial charge in [0.05, 0.1) is 16.6 Å². The molecule has 1 amide bonds. The van der Waals surface area contributed by atoms with E-state index in [-0.39, 0.29) is 29.2 Å². The molecule has 0 aliphatic heterocycles. The van der Waals surface area contributed by atoms with Crippen LogP contribution in [-0.2, 0) is 17.4 Å². The highest BCUT2D eigenvalue weighted by atomic mass is 19.4. The summed E-state index contributed by atoms with van der Waals surface area (Å²) < 4.78 is 40.1. The molecule has 0 fully saturated rings. The van der Waals surface area contributed by atoms with Crippen LogP contribution in [0.15, 0.2) is 47.3 Å². The zero-order chi connectivity index (χ0) is 23.3. The summed E-state index contributed by atoms with van der Waals surface area (Å²) in [7, 11) is 0. The van der Waals surface area contributed by atoms with Gasteiger partial charge in [0, 0.05) is 23.4 Å². The number of nitrogens with zero attached hydrogens (tertiary/aromatic N) is 1. The third-order valence-electron chi connectivity index (χ3n) is 5.46. The maximum Gasteiger partial charge on any atom is 0.416 e. The van der Waals surface area contributed by atoms with E-state index in [0.717, 1.165) is 31.7 Å². The van der Waals surface area contributed by atoms with Crippen LogP contribution in [0, 0.1) is 5.92 Å². The summed E-state index contributed by atoms with van der Waals surface area (Å²) in [6, 6.07) is 10.1. The van der Waals surface area contributed by atoms with Gasteiger partial charge in [-0.2, -0.15) is 18.3 Å². The average Bonchev–Trinajstić information content (AvgIpc) is 2.75. The van der Waals surface area contributed by atoms with Gasteiger partial charge in [0.2, 0.25) is 5.91 Å². The molecular weight excluding hydrogens is 419 g/mol. The average molecular weight is 445 g/mol. The quantitative estimate of drug-likeness (QED) is 0.468. The van der Waals surface area contributed by atoms with Gasteiger partial charge in [-0.3, -0.25) is 9.59 Å². The van der Waals surface area contributed by atoms with Gasteiger partial charge in [-0.1, -0.05) is 51.0 Å². The molecule has 0 bridgehead atoms. The van der Waals surface area contributed by atoms with Crippen molar-refractivity contribution >= 4 is 22.4 Å². The summed E-state index contributed by atoms with van der Waals surface area (Å²) >= 11 is 0. The normalized spacial score (nSPS) is 11.8. The molecule has 0 atom stereocenters. The number of aromatic nitrogens is 2. The Kier molecular flexibility index (Phi) is 7.33. The van der Waals surface area contributed by atoms with Crippen molar-refractivity contribution in [3.05, 3.63) is 69.6 Å². The number of fused-ring (bicyclic) bond motifs is 1. The fourth-order valence-electron chi connectivity index (χ4n) is 3.91. The predicted octanol–water partition coefficient (Wildman–Crippen LogP) is 5.69. The van der Waals surface area contributed by atoms with E-state index in [4.69, 9.17) is 0 Å². The van der Waals surface area contributed by atoms with Gasteiger partial charge >= 0.3 is 6.18 Å². The number of H-pyrrole nitrogens is 1. The molecule has 3 aromatic rings. The molecule has 0 unspecified atom stereocenters. The SMILES string of the molecule is CCCC(CCC)C(=O)Nc1ccc2c(Cc3ccccc3C(F)(F)F)n[nH]c(=O)c2c1. The zero-order valence-corrected chi connectivity index (χ0v) is 18.1. The number of hydrogen-bond acceptors (Lipinski definition) is 3. The first-order chi connectivity index (χ1) is 15.2. The maximum atomic E-state index is 13.4. The second kappa shape index (κ2) is 9.97. The number of halogens is 3. The van der Waals surface area contributed by atoms with E-state index in [1.165, 1.54) is 18.2 Å². The van der Waals surface area contributed by atoms with E-state index in [2.05, 4.69) is 15.5 Å². The largest absolute Gasteiger partial charge is 0.416 e. The molecule has 2 N–H and O–H groups in total. The number of amides is 1. The Morgan fingerprint density at radius 2 is 1.75 bits per heavy atom. The van der Waals surface area contributed by atoms with Crippen LogP contribution in [0.2, 0.25) is 0 Å². The summed E-state index contributed by atoms with van der Waals surface area (Å²) in [5, 5.41) is 9.94.